The second-order valence-corrected chi connectivity index (χ2v) is 20.3. The minimum atomic E-state index is -1.53. The Hall–Kier alpha value is -6.99. The van der Waals surface area contributed by atoms with Crippen LogP contribution in [0.5, 0.6) is 0 Å². The maximum absolute atomic E-state index is 15.4. The van der Waals surface area contributed by atoms with Gasteiger partial charge in [0.25, 0.3) is 9.62 Å². The van der Waals surface area contributed by atoms with Crippen molar-refractivity contribution in [3.8, 4) is 22.3 Å². The van der Waals surface area contributed by atoms with Gasteiger partial charge in [0.2, 0.25) is 5.95 Å². The van der Waals surface area contributed by atoms with Gasteiger partial charge in [0.15, 0.2) is 24.5 Å². The highest BCUT2D eigenvalue weighted by molar-refractivity contribution is 7.27. The van der Waals surface area contributed by atoms with E-state index in [0.717, 1.165) is 81.5 Å². The lowest BCUT2D eigenvalue weighted by Crippen LogP contribution is -2.60. The van der Waals surface area contributed by atoms with Crippen molar-refractivity contribution in [1.82, 2.24) is 14.5 Å². The molecule has 0 fully saturated rings. The number of rotatable bonds is 9. The van der Waals surface area contributed by atoms with Gasteiger partial charge >= 0.3 is 18.2 Å². The molecule has 0 bridgehead atoms. The van der Waals surface area contributed by atoms with E-state index in [1.807, 2.05) is 97.1 Å². The summed E-state index contributed by atoms with van der Waals surface area (Å²) in [6.45, 7) is 3.41. The van der Waals surface area contributed by atoms with Crippen molar-refractivity contribution < 1.29 is 38.4 Å². The summed E-state index contributed by atoms with van der Waals surface area (Å²) in [4.78, 5) is 85.9. The van der Waals surface area contributed by atoms with Gasteiger partial charge in [-0.05, 0) is 65.3 Å². The number of aromatic nitrogens is 2. The van der Waals surface area contributed by atoms with Gasteiger partial charge in [0.05, 0.1) is 28.1 Å². The summed E-state index contributed by atoms with van der Waals surface area (Å²) in [5, 5.41) is 10.7. The molecule has 2 aliphatic heterocycles. The van der Waals surface area contributed by atoms with Gasteiger partial charge in [-0.3, -0.25) is 19.3 Å². The van der Waals surface area contributed by atoms with Gasteiger partial charge < -0.3 is 29.0 Å². The number of fused-ring (bicyclic) bond motifs is 10. The Balaban J connectivity index is 1.12. The maximum atomic E-state index is 15.4. The summed E-state index contributed by atoms with van der Waals surface area (Å²) in [5.74, 6) is -2.06. The van der Waals surface area contributed by atoms with Crippen LogP contribution in [0.25, 0.3) is 22.3 Å². The van der Waals surface area contributed by atoms with E-state index in [4.69, 9.17) is 23.9 Å². The molecule has 6 aromatic rings. The van der Waals surface area contributed by atoms with Crippen LogP contribution in [-0.2, 0) is 30.5 Å². The molecule has 2 aromatic heterocycles. The Kier molecular flexibility index (Phi) is 11.6. The van der Waals surface area contributed by atoms with Crippen LogP contribution in [0.1, 0.15) is 76.8 Å². The number of ether oxygens (including phenoxy) is 4. The fourth-order valence-electron chi connectivity index (χ4n) is 9.34. The number of benzene rings is 4. The van der Waals surface area contributed by atoms with Crippen LogP contribution < -0.4 is 19.4 Å². The SMILES string of the molecule is CN(C)/C=N/c1nc2c(c(=O)n1COC(=O)C(C)(C)C)N(C(=O)OCC1c3ccccc3-c3ccccc31)[C@H]1c3sc(=O)sc3[C@@H](CO)O[C@H]1N2C(=O)OCC1c2ccccc2-c2ccccc21. The fraction of sp³-hybridized carbons (Fsp3) is 0.300. The molecule has 4 aliphatic rings. The molecule has 2 aliphatic carbocycles. The number of esters is 1. The summed E-state index contributed by atoms with van der Waals surface area (Å²) in [7, 11) is 3.40. The first-order valence-corrected chi connectivity index (χ1v) is 23.6. The summed E-state index contributed by atoms with van der Waals surface area (Å²) >= 11 is 1.64. The first-order valence-electron chi connectivity index (χ1n) is 22.0. The van der Waals surface area contributed by atoms with Crippen molar-refractivity contribution in [3.05, 3.63) is 148 Å². The van der Waals surface area contributed by atoms with E-state index in [1.54, 1.807) is 39.8 Å². The molecule has 0 radical (unpaired) electrons. The molecule has 68 heavy (non-hydrogen) atoms. The molecule has 0 spiro atoms. The van der Waals surface area contributed by atoms with Gasteiger partial charge in [-0.1, -0.05) is 120 Å². The third-order valence-corrected chi connectivity index (χ3v) is 14.8. The number of hydrogen-bond donors (Lipinski definition) is 1. The first kappa shape index (κ1) is 44.8. The minimum absolute atomic E-state index is 0.141. The molecule has 3 atom stereocenters. The smallest absolute Gasteiger partial charge is 0.417 e. The van der Waals surface area contributed by atoms with Gasteiger partial charge in [0, 0.05) is 25.9 Å². The minimum Gasteiger partial charge on any atom is -0.448 e. The predicted molar refractivity (Wildman–Crippen MR) is 257 cm³/mol. The van der Waals surface area contributed by atoms with Crippen LogP contribution in [0.3, 0.4) is 0 Å². The molecule has 0 unspecified atom stereocenters. The number of amides is 2. The standard InChI is InChI=1S/C50H46N6O10S2/c1-50(2,3)45(59)65-26-54-43(58)39-42(52-46(54)51-25-53(4)5)56(48(61)64-24-36-33-20-12-8-16-29(33)30-17-9-13-21-34(30)36)44-38(41-40(37(22-57)66-44)67-49(62)68-41)55(39)47(60)63-23-35-31-18-10-6-14-27(31)28-15-7-11-19-32(28)35/h6-21,25,35-38,44,57H,22-24,26H2,1-5H3/b51-25+/t37-,38+,44-/m1/s1. The third-order valence-electron chi connectivity index (χ3n) is 12.4. The van der Waals surface area contributed by atoms with Crippen molar-refractivity contribution in [1.29, 1.82) is 0 Å². The average Bonchev–Trinajstić information content (AvgIpc) is 3.99. The molecule has 2 amide bonds. The molecule has 18 heteroatoms. The molecule has 4 heterocycles. The number of aliphatic imine (C=N–C) groups is 1. The summed E-state index contributed by atoms with van der Waals surface area (Å²) in [6, 6.07) is 30.0. The van der Waals surface area contributed by atoms with E-state index in [-0.39, 0.29) is 45.7 Å². The zero-order valence-corrected chi connectivity index (χ0v) is 39.3. The van der Waals surface area contributed by atoms with E-state index >= 15 is 14.4 Å². The second-order valence-electron chi connectivity index (χ2n) is 18.0. The second kappa shape index (κ2) is 17.6. The van der Waals surface area contributed by atoms with E-state index in [0.29, 0.717) is 4.88 Å². The molecule has 4 aromatic carbocycles. The van der Waals surface area contributed by atoms with Crippen LogP contribution in [0.15, 0.2) is 112 Å². The number of anilines is 2. The van der Waals surface area contributed by atoms with Crippen LogP contribution >= 0.6 is 22.7 Å². The van der Waals surface area contributed by atoms with E-state index in [9.17, 15) is 14.7 Å². The molecule has 10 rings (SSSR count). The summed E-state index contributed by atoms with van der Waals surface area (Å²) in [6.07, 6.45) is -3.28. The number of carbonyl (C=O) groups excluding carboxylic acids is 3. The van der Waals surface area contributed by atoms with Crippen molar-refractivity contribution in [2.24, 2.45) is 10.4 Å². The van der Waals surface area contributed by atoms with Crippen molar-refractivity contribution in [2.45, 2.75) is 57.7 Å². The highest BCUT2D eigenvalue weighted by atomic mass is 32.2. The third kappa shape index (κ3) is 7.66. The Morgan fingerprint density at radius 1 is 0.750 bits per heavy atom. The van der Waals surface area contributed by atoms with Gasteiger partial charge in [-0.25, -0.2) is 24.0 Å². The highest BCUT2D eigenvalue weighted by Gasteiger charge is 2.55. The lowest BCUT2D eigenvalue weighted by Gasteiger charge is -2.48. The quantitative estimate of drug-likeness (QED) is 0.0637. The largest absolute Gasteiger partial charge is 0.448 e. The maximum Gasteiger partial charge on any atom is 0.417 e. The van der Waals surface area contributed by atoms with Crippen LogP contribution in [0.4, 0.5) is 27.0 Å². The van der Waals surface area contributed by atoms with Crippen LogP contribution in [0.2, 0.25) is 0 Å². The zero-order chi connectivity index (χ0) is 47.6. The Morgan fingerprint density at radius 2 is 1.24 bits per heavy atom. The highest BCUT2D eigenvalue weighted by Crippen LogP contribution is 2.52. The zero-order valence-electron chi connectivity index (χ0n) is 37.7. The molecular weight excluding hydrogens is 909 g/mol. The molecule has 348 valence electrons. The van der Waals surface area contributed by atoms with Crippen LogP contribution in [0, 0.1) is 5.41 Å². The normalized spacial score (nSPS) is 17.9. The molecule has 0 saturated carbocycles. The molecular formula is C50H46N6O10S2. The summed E-state index contributed by atoms with van der Waals surface area (Å²) < 4.78 is 25.4. The first-order chi connectivity index (χ1) is 32.7. The number of aliphatic hydroxyl groups is 1. The predicted octanol–water partition coefficient (Wildman–Crippen LogP) is 8.15. The van der Waals surface area contributed by atoms with Crippen molar-refractivity contribution >= 4 is 64.6 Å². The number of nitrogens with zero attached hydrogens (tertiary/aromatic N) is 6. The topological polar surface area (TPSA) is 182 Å². The van der Waals surface area contributed by atoms with E-state index in [2.05, 4.69) is 4.99 Å². The average molecular weight is 955 g/mol. The molecule has 16 nitrogen and oxygen atoms in total. The van der Waals surface area contributed by atoms with E-state index in [1.165, 1.54) is 6.34 Å². The Bertz CT molecular complexity index is 3060. The van der Waals surface area contributed by atoms with Crippen molar-refractivity contribution in [3.63, 3.8) is 0 Å². The number of hydrogen-bond acceptors (Lipinski definition) is 14. The Morgan fingerprint density at radius 3 is 1.72 bits per heavy atom. The van der Waals surface area contributed by atoms with E-state index < -0.39 is 66.5 Å². The molecule has 1 N–H and O–H groups in total. The van der Waals surface area contributed by atoms with Gasteiger partial charge in [-0.15, -0.1) is 0 Å². The fourth-order valence-corrected chi connectivity index (χ4v) is 11.7. The molecule has 0 saturated heterocycles. The number of carbonyl (C=O) groups is 3. The summed E-state index contributed by atoms with van der Waals surface area (Å²) in [5.41, 5.74) is 5.45. The monoisotopic (exact) mass is 954 g/mol. The Labute approximate surface area is 398 Å². The number of aliphatic hydroxyl groups excluding tert-OH is 1. The van der Waals surface area contributed by atoms with Crippen molar-refractivity contribution in [2.75, 3.05) is 43.7 Å². The van der Waals surface area contributed by atoms with Crippen LogP contribution in [-0.4, -0.2) is 84.2 Å². The lowest BCUT2D eigenvalue weighted by molar-refractivity contribution is -0.157. The lowest BCUT2D eigenvalue weighted by atomic mass is 9.98. The van der Waals surface area contributed by atoms with Gasteiger partial charge in [-0.2, -0.15) is 4.98 Å². The van der Waals surface area contributed by atoms with Gasteiger partial charge in [0.1, 0.15) is 25.4 Å².